The van der Waals surface area contributed by atoms with Crippen LogP contribution in [0, 0.1) is 0 Å². The van der Waals surface area contributed by atoms with Gasteiger partial charge in [-0.3, -0.25) is 0 Å². The van der Waals surface area contributed by atoms with Crippen LogP contribution in [-0.2, 0) is 0 Å². The summed E-state index contributed by atoms with van der Waals surface area (Å²) in [6.07, 6.45) is 0. The fourth-order valence-electron chi connectivity index (χ4n) is 1.23. The van der Waals surface area contributed by atoms with Gasteiger partial charge < -0.3 is 11.5 Å². The van der Waals surface area contributed by atoms with Crippen molar-refractivity contribution in [3.05, 3.63) is 47.5 Å². The zero-order valence-corrected chi connectivity index (χ0v) is 9.72. The van der Waals surface area contributed by atoms with Crippen LogP contribution in [-0.4, -0.2) is 0 Å². The summed E-state index contributed by atoms with van der Waals surface area (Å²) in [5.74, 6) is 0. The normalized spacial score (nSPS) is 10.9. The van der Waals surface area contributed by atoms with Crippen molar-refractivity contribution >= 4 is 34.4 Å². The third kappa shape index (κ3) is 2.95. The van der Waals surface area contributed by atoms with Crippen molar-refractivity contribution in [2.24, 2.45) is 10.2 Å². The Bertz CT molecular complexity index is 549. The number of halogens is 1. The summed E-state index contributed by atoms with van der Waals surface area (Å²) in [5, 5.41) is 8.58. The molecule has 2 aromatic carbocycles. The van der Waals surface area contributed by atoms with Crippen LogP contribution >= 0.6 is 11.6 Å². The minimum atomic E-state index is 0.471. The second-order valence-electron chi connectivity index (χ2n) is 3.50. The van der Waals surface area contributed by atoms with E-state index in [1.54, 1.807) is 42.5 Å². The van der Waals surface area contributed by atoms with Gasteiger partial charge in [-0.15, -0.1) is 0 Å². The smallest absolute Gasteiger partial charge is 0.0873 e. The van der Waals surface area contributed by atoms with Crippen LogP contribution in [0.25, 0.3) is 0 Å². The maximum Gasteiger partial charge on any atom is 0.0873 e. The van der Waals surface area contributed by atoms with Crippen molar-refractivity contribution in [3.63, 3.8) is 0 Å². The van der Waals surface area contributed by atoms with Gasteiger partial charge in [0.25, 0.3) is 0 Å². The maximum atomic E-state index is 5.87. The summed E-state index contributed by atoms with van der Waals surface area (Å²) in [6, 6.07) is 12.2. The molecule has 0 amide bonds. The lowest BCUT2D eigenvalue weighted by molar-refractivity contribution is 1.23. The van der Waals surface area contributed by atoms with Crippen molar-refractivity contribution in [2.45, 2.75) is 0 Å². The van der Waals surface area contributed by atoms with E-state index in [1.807, 2.05) is 0 Å². The minimum Gasteiger partial charge on any atom is -0.399 e. The number of hydrogen-bond donors (Lipinski definition) is 2. The van der Waals surface area contributed by atoms with Gasteiger partial charge >= 0.3 is 0 Å². The molecule has 0 heterocycles. The van der Waals surface area contributed by atoms with E-state index in [4.69, 9.17) is 23.1 Å². The Labute approximate surface area is 104 Å². The first kappa shape index (κ1) is 11.4. The molecule has 0 bridgehead atoms. The lowest BCUT2D eigenvalue weighted by Crippen LogP contribution is -1.83. The SMILES string of the molecule is Nc1ccc(N=Nc2ccc(N)c(Cl)c2)cc1. The molecular weight excluding hydrogens is 236 g/mol. The molecule has 4 nitrogen and oxygen atoms in total. The number of nitrogen functional groups attached to an aromatic ring is 2. The zero-order chi connectivity index (χ0) is 12.3. The standard InChI is InChI=1S/C12H11ClN4/c13-11-7-10(5-6-12(11)15)17-16-9-3-1-8(14)2-4-9/h1-7H,14-15H2. The molecular formula is C12H11ClN4. The van der Waals surface area contributed by atoms with Gasteiger partial charge in [0.2, 0.25) is 0 Å². The summed E-state index contributed by atoms with van der Waals surface area (Å²) in [6.45, 7) is 0. The largest absolute Gasteiger partial charge is 0.399 e. The Morgan fingerprint density at radius 2 is 1.41 bits per heavy atom. The summed E-state index contributed by atoms with van der Waals surface area (Å²) in [5.41, 5.74) is 13.8. The average molecular weight is 247 g/mol. The van der Waals surface area contributed by atoms with Crippen molar-refractivity contribution in [1.82, 2.24) is 0 Å². The fraction of sp³-hybridized carbons (Fsp3) is 0. The van der Waals surface area contributed by atoms with Crippen LogP contribution in [0.4, 0.5) is 22.7 Å². The molecule has 0 aliphatic rings. The fourth-order valence-corrected chi connectivity index (χ4v) is 1.41. The molecule has 0 atom stereocenters. The van der Waals surface area contributed by atoms with Gasteiger partial charge in [-0.1, -0.05) is 11.6 Å². The van der Waals surface area contributed by atoms with Crippen LogP contribution in [0.3, 0.4) is 0 Å². The zero-order valence-electron chi connectivity index (χ0n) is 8.97. The molecule has 2 aromatic rings. The number of azo groups is 1. The Hall–Kier alpha value is -2.07. The molecule has 4 N–H and O–H groups in total. The lowest BCUT2D eigenvalue weighted by atomic mass is 10.3. The van der Waals surface area contributed by atoms with Gasteiger partial charge in [-0.2, -0.15) is 10.2 Å². The van der Waals surface area contributed by atoms with E-state index in [-0.39, 0.29) is 0 Å². The quantitative estimate of drug-likeness (QED) is 0.622. The van der Waals surface area contributed by atoms with Gasteiger partial charge in [0, 0.05) is 5.69 Å². The first-order valence-corrected chi connectivity index (χ1v) is 5.35. The Balaban J connectivity index is 2.20. The Kier molecular flexibility index (Phi) is 3.25. The van der Waals surface area contributed by atoms with E-state index in [0.29, 0.717) is 22.1 Å². The van der Waals surface area contributed by atoms with Gasteiger partial charge in [0.15, 0.2) is 0 Å². The minimum absolute atomic E-state index is 0.471. The molecule has 0 saturated heterocycles. The molecule has 0 aliphatic heterocycles. The van der Waals surface area contributed by atoms with E-state index in [2.05, 4.69) is 10.2 Å². The van der Waals surface area contributed by atoms with E-state index < -0.39 is 0 Å². The van der Waals surface area contributed by atoms with Gasteiger partial charge in [0.1, 0.15) is 0 Å². The summed E-state index contributed by atoms with van der Waals surface area (Å²) >= 11 is 5.87. The molecule has 2 rings (SSSR count). The molecule has 0 unspecified atom stereocenters. The number of anilines is 2. The number of hydrogen-bond acceptors (Lipinski definition) is 4. The Morgan fingerprint density at radius 1 is 0.824 bits per heavy atom. The number of nitrogens with zero attached hydrogens (tertiary/aromatic N) is 2. The molecule has 0 radical (unpaired) electrons. The number of nitrogens with two attached hydrogens (primary N) is 2. The predicted molar refractivity (Wildman–Crippen MR) is 70.9 cm³/mol. The topological polar surface area (TPSA) is 76.8 Å². The maximum absolute atomic E-state index is 5.87. The highest BCUT2D eigenvalue weighted by molar-refractivity contribution is 6.33. The second-order valence-corrected chi connectivity index (χ2v) is 3.90. The third-order valence-electron chi connectivity index (χ3n) is 2.16. The van der Waals surface area contributed by atoms with Crippen molar-refractivity contribution in [1.29, 1.82) is 0 Å². The predicted octanol–water partition coefficient (Wildman–Crippen LogP) is 3.92. The third-order valence-corrected chi connectivity index (χ3v) is 2.49. The highest BCUT2D eigenvalue weighted by Gasteiger charge is 1.97. The van der Waals surface area contributed by atoms with Crippen molar-refractivity contribution in [3.8, 4) is 0 Å². The second kappa shape index (κ2) is 4.84. The number of rotatable bonds is 2. The number of benzene rings is 2. The molecule has 0 fully saturated rings. The van der Waals surface area contributed by atoms with E-state index >= 15 is 0 Å². The first-order chi connectivity index (χ1) is 8.15. The van der Waals surface area contributed by atoms with Crippen LogP contribution < -0.4 is 11.5 Å². The first-order valence-electron chi connectivity index (χ1n) is 4.97. The van der Waals surface area contributed by atoms with E-state index in [9.17, 15) is 0 Å². The van der Waals surface area contributed by atoms with Gasteiger partial charge in [0.05, 0.1) is 22.1 Å². The van der Waals surface area contributed by atoms with Crippen LogP contribution in [0.2, 0.25) is 5.02 Å². The highest BCUT2D eigenvalue weighted by atomic mass is 35.5. The molecule has 0 saturated carbocycles. The van der Waals surface area contributed by atoms with Gasteiger partial charge in [-0.05, 0) is 42.5 Å². The average Bonchev–Trinajstić information content (AvgIpc) is 2.33. The summed E-state index contributed by atoms with van der Waals surface area (Å²) in [4.78, 5) is 0. The molecule has 0 spiro atoms. The van der Waals surface area contributed by atoms with Crippen molar-refractivity contribution < 1.29 is 0 Å². The van der Waals surface area contributed by atoms with Crippen LogP contribution in [0.5, 0.6) is 0 Å². The highest BCUT2D eigenvalue weighted by Crippen LogP contribution is 2.26. The van der Waals surface area contributed by atoms with E-state index in [0.717, 1.165) is 5.69 Å². The van der Waals surface area contributed by atoms with Crippen LogP contribution in [0.1, 0.15) is 0 Å². The molecule has 0 aliphatic carbocycles. The molecule has 86 valence electrons. The molecule has 0 aromatic heterocycles. The Morgan fingerprint density at radius 3 is 2.06 bits per heavy atom. The van der Waals surface area contributed by atoms with Gasteiger partial charge in [-0.25, -0.2) is 0 Å². The molecule has 17 heavy (non-hydrogen) atoms. The monoisotopic (exact) mass is 246 g/mol. The van der Waals surface area contributed by atoms with Crippen molar-refractivity contribution in [2.75, 3.05) is 11.5 Å². The summed E-state index contributed by atoms with van der Waals surface area (Å²) < 4.78 is 0. The molecule has 5 heteroatoms. The summed E-state index contributed by atoms with van der Waals surface area (Å²) in [7, 11) is 0. The lowest BCUT2D eigenvalue weighted by Gasteiger charge is -1.98. The van der Waals surface area contributed by atoms with Crippen LogP contribution in [0.15, 0.2) is 52.7 Å². The van der Waals surface area contributed by atoms with E-state index in [1.165, 1.54) is 0 Å².